The van der Waals surface area contributed by atoms with E-state index in [0.29, 0.717) is 30.9 Å². The van der Waals surface area contributed by atoms with Crippen LogP contribution in [0.1, 0.15) is 45.5 Å². The zero-order chi connectivity index (χ0) is 25.3. The molecule has 6 nitrogen and oxygen atoms in total. The third kappa shape index (κ3) is 6.56. The van der Waals surface area contributed by atoms with Gasteiger partial charge >= 0.3 is 0 Å². The summed E-state index contributed by atoms with van der Waals surface area (Å²) >= 11 is 0. The molecule has 4 rings (SSSR count). The Morgan fingerprint density at radius 2 is 1.72 bits per heavy atom. The van der Waals surface area contributed by atoms with Crippen LogP contribution in [0.15, 0.2) is 78.9 Å². The number of nitrogens with one attached hydrogen (secondary N) is 2. The van der Waals surface area contributed by atoms with Crippen molar-refractivity contribution in [3.63, 3.8) is 0 Å². The maximum absolute atomic E-state index is 13.9. The Kier molecular flexibility index (Phi) is 8.44. The molecule has 0 radical (unpaired) electrons. The molecule has 0 bridgehead atoms. The number of piperidine rings is 1. The van der Waals surface area contributed by atoms with Crippen LogP contribution in [0.5, 0.6) is 0 Å². The first-order valence-electron chi connectivity index (χ1n) is 12.3. The highest BCUT2D eigenvalue weighted by molar-refractivity contribution is 6.05. The fourth-order valence-corrected chi connectivity index (χ4v) is 4.43. The minimum atomic E-state index is -0.611. The van der Waals surface area contributed by atoms with Crippen molar-refractivity contribution in [3.8, 4) is 0 Å². The summed E-state index contributed by atoms with van der Waals surface area (Å²) in [6.45, 7) is 1.53. The number of likely N-dealkylation sites (tertiary alicyclic amines) is 1. The van der Waals surface area contributed by atoms with Crippen molar-refractivity contribution >= 4 is 23.4 Å². The molecule has 3 aromatic carbocycles. The van der Waals surface area contributed by atoms with Crippen LogP contribution in [0.2, 0.25) is 0 Å². The molecule has 1 aliphatic heterocycles. The molecule has 0 aromatic heterocycles. The first kappa shape index (κ1) is 25.1. The molecule has 0 unspecified atom stereocenters. The number of rotatable bonds is 8. The maximum atomic E-state index is 13.9. The van der Waals surface area contributed by atoms with Crippen molar-refractivity contribution < 1.29 is 18.8 Å². The Morgan fingerprint density at radius 1 is 0.944 bits per heavy atom. The van der Waals surface area contributed by atoms with E-state index in [-0.39, 0.29) is 23.3 Å². The largest absolute Gasteiger partial charge is 0.356 e. The molecule has 0 aliphatic carbocycles. The van der Waals surface area contributed by atoms with E-state index in [4.69, 9.17) is 0 Å². The monoisotopic (exact) mass is 487 g/mol. The highest BCUT2D eigenvalue weighted by Crippen LogP contribution is 2.21. The third-order valence-corrected chi connectivity index (χ3v) is 6.35. The normalized spacial score (nSPS) is 15.2. The molecule has 1 saturated heterocycles. The van der Waals surface area contributed by atoms with Crippen LogP contribution in [0.4, 0.5) is 10.1 Å². The van der Waals surface area contributed by atoms with E-state index in [1.807, 2.05) is 18.2 Å². The van der Waals surface area contributed by atoms with E-state index >= 15 is 0 Å². The van der Waals surface area contributed by atoms with E-state index in [9.17, 15) is 18.8 Å². The SMILES string of the molecule is O=C(Nc1cccc(C(=O)N2CCC[C@H](C(=O)NCCCc3ccccc3)C2)c1)c1ccccc1F. The lowest BCUT2D eigenvalue weighted by atomic mass is 9.96. The van der Waals surface area contributed by atoms with Crippen molar-refractivity contribution in [2.45, 2.75) is 25.7 Å². The summed E-state index contributed by atoms with van der Waals surface area (Å²) in [7, 11) is 0. The summed E-state index contributed by atoms with van der Waals surface area (Å²) in [5.41, 5.74) is 1.99. The molecule has 3 aromatic rings. The molecule has 1 fully saturated rings. The molecule has 2 N–H and O–H groups in total. The van der Waals surface area contributed by atoms with Crippen LogP contribution in [0, 0.1) is 11.7 Å². The van der Waals surface area contributed by atoms with Gasteiger partial charge in [-0.3, -0.25) is 14.4 Å². The topological polar surface area (TPSA) is 78.5 Å². The average Bonchev–Trinajstić information content (AvgIpc) is 2.91. The molecular formula is C29H30FN3O3. The second-order valence-electron chi connectivity index (χ2n) is 8.99. The minimum Gasteiger partial charge on any atom is -0.356 e. The minimum absolute atomic E-state index is 0.0218. The zero-order valence-corrected chi connectivity index (χ0v) is 20.1. The lowest BCUT2D eigenvalue weighted by Gasteiger charge is -2.32. The summed E-state index contributed by atoms with van der Waals surface area (Å²) in [4.78, 5) is 40.0. The Labute approximate surface area is 210 Å². The van der Waals surface area contributed by atoms with Crippen molar-refractivity contribution in [1.82, 2.24) is 10.2 Å². The van der Waals surface area contributed by atoms with Gasteiger partial charge in [-0.05, 0) is 61.6 Å². The van der Waals surface area contributed by atoms with E-state index in [1.165, 1.54) is 23.8 Å². The van der Waals surface area contributed by atoms with Gasteiger partial charge in [0.05, 0.1) is 11.5 Å². The second kappa shape index (κ2) is 12.1. The number of halogens is 1. The predicted molar refractivity (Wildman–Crippen MR) is 137 cm³/mol. The first-order valence-corrected chi connectivity index (χ1v) is 12.3. The van der Waals surface area contributed by atoms with Gasteiger partial charge in [0, 0.05) is 30.9 Å². The Hall–Kier alpha value is -4.00. The van der Waals surface area contributed by atoms with Crippen LogP contribution >= 0.6 is 0 Å². The molecule has 186 valence electrons. The summed E-state index contributed by atoms with van der Waals surface area (Å²) in [5, 5.41) is 5.67. The van der Waals surface area contributed by atoms with E-state index < -0.39 is 11.7 Å². The predicted octanol–water partition coefficient (Wildman–Crippen LogP) is 4.68. The highest BCUT2D eigenvalue weighted by atomic mass is 19.1. The number of amides is 3. The standard InChI is InChI=1S/C29H30FN3O3/c30-26-16-5-4-15-25(26)28(35)32-24-14-6-12-22(19-24)29(36)33-18-8-13-23(20-33)27(34)31-17-7-11-21-9-2-1-3-10-21/h1-6,9-10,12,14-16,19,23H,7-8,11,13,17-18,20H2,(H,31,34)(H,32,35)/t23-/m0/s1. The highest BCUT2D eigenvalue weighted by Gasteiger charge is 2.29. The second-order valence-corrected chi connectivity index (χ2v) is 8.99. The summed E-state index contributed by atoms with van der Waals surface area (Å²) in [5.74, 6) is -1.66. The van der Waals surface area contributed by atoms with Gasteiger partial charge in [0.2, 0.25) is 5.91 Å². The van der Waals surface area contributed by atoms with Crippen molar-refractivity contribution in [2.75, 3.05) is 25.0 Å². The fourth-order valence-electron chi connectivity index (χ4n) is 4.43. The van der Waals surface area contributed by atoms with Gasteiger partial charge in [-0.2, -0.15) is 0 Å². The van der Waals surface area contributed by atoms with Crippen LogP contribution in [0.25, 0.3) is 0 Å². The molecule has 36 heavy (non-hydrogen) atoms. The van der Waals surface area contributed by atoms with Gasteiger partial charge in [-0.25, -0.2) is 4.39 Å². The van der Waals surface area contributed by atoms with Crippen molar-refractivity contribution in [3.05, 3.63) is 101 Å². The number of carbonyl (C=O) groups is 3. The van der Waals surface area contributed by atoms with Crippen molar-refractivity contribution in [2.24, 2.45) is 5.92 Å². The molecule has 3 amide bonds. The van der Waals surface area contributed by atoms with Crippen LogP contribution in [-0.4, -0.2) is 42.3 Å². The van der Waals surface area contributed by atoms with Crippen LogP contribution in [-0.2, 0) is 11.2 Å². The first-order chi connectivity index (χ1) is 17.5. The molecule has 1 aliphatic rings. The van der Waals surface area contributed by atoms with Crippen molar-refractivity contribution in [1.29, 1.82) is 0 Å². The molecule has 0 spiro atoms. The molecule has 1 atom stereocenters. The van der Waals surface area contributed by atoms with Gasteiger partial charge in [0.25, 0.3) is 11.8 Å². The van der Waals surface area contributed by atoms with E-state index in [1.54, 1.807) is 35.2 Å². The Balaban J connectivity index is 1.30. The van der Waals surface area contributed by atoms with E-state index in [0.717, 1.165) is 25.7 Å². The molecule has 0 saturated carbocycles. The molecular weight excluding hydrogens is 457 g/mol. The number of nitrogens with zero attached hydrogens (tertiary/aromatic N) is 1. The average molecular weight is 488 g/mol. The van der Waals surface area contributed by atoms with E-state index in [2.05, 4.69) is 22.8 Å². The zero-order valence-electron chi connectivity index (χ0n) is 20.1. The molecule has 1 heterocycles. The summed E-state index contributed by atoms with van der Waals surface area (Å²) in [6.07, 6.45) is 3.25. The summed E-state index contributed by atoms with van der Waals surface area (Å²) in [6, 6.07) is 22.5. The number of anilines is 1. The molecule has 7 heteroatoms. The maximum Gasteiger partial charge on any atom is 0.258 e. The van der Waals surface area contributed by atoms with Gasteiger partial charge in [0.15, 0.2) is 0 Å². The lowest BCUT2D eigenvalue weighted by Crippen LogP contribution is -2.45. The number of aryl methyl sites for hydroxylation is 1. The number of hydrogen-bond acceptors (Lipinski definition) is 3. The number of hydrogen-bond donors (Lipinski definition) is 2. The Morgan fingerprint density at radius 3 is 2.53 bits per heavy atom. The quantitative estimate of drug-likeness (QED) is 0.453. The van der Waals surface area contributed by atoms with Crippen LogP contribution in [0.3, 0.4) is 0 Å². The number of benzene rings is 3. The van der Waals surface area contributed by atoms with Gasteiger partial charge in [-0.15, -0.1) is 0 Å². The Bertz CT molecular complexity index is 1220. The lowest BCUT2D eigenvalue weighted by molar-refractivity contribution is -0.126. The number of carbonyl (C=O) groups excluding carboxylic acids is 3. The fraction of sp³-hybridized carbons (Fsp3) is 0.276. The van der Waals surface area contributed by atoms with Gasteiger partial charge < -0.3 is 15.5 Å². The van der Waals surface area contributed by atoms with Gasteiger partial charge in [0.1, 0.15) is 5.82 Å². The smallest absolute Gasteiger partial charge is 0.258 e. The van der Waals surface area contributed by atoms with Gasteiger partial charge in [-0.1, -0.05) is 48.5 Å². The third-order valence-electron chi connectivity index (χ3n) is 6.35. The summed E-state index contributed by atoms with van der Waals surface area (Å²) < 4.78 is 13.9. The van der Waals surface area contributed by atoms with Crippen LogP contribution < -0.4 is 10.6 Å².